The van der Waals surface area contributed by atoms with Crippen LogP contribution in [0.3, 0.4) is 0 Å². The Kier molecular flexibility index (Phi) is 12.8. The molecule has 3 aromatic rings. The van der Waals surface area contributed by atoms with Crippen LogP contribution >= 0.6 is 0 Å². The smallest absolute Gasteiger partial charge is 0.243 e. The number of benzene rings is 3. The fourth-order valence-electron chi connectivity index (χ4n) is 5.58. The van der Waals surface area contributed by atoms with Gasteiger partial charge < -0.3 is 15.0 Å². The van der Waals surface area contributed by atoms with Crippen molar-refractivity contribution in [2.75, 3.05) is 20.2 Å². The zero-order chi connectivity index (χ0) is 32.1. The lowest BCUT2D eigenvalue weighted by Gasteiger charge is -2.32. The van der Waals surface area contributed by atoms with Gasteiger partial charge in [-0.1, -0.05) is 73.2 Å². The van der Waals surface area contributed by atoms with Crippen molar-refractivity contribution < 1.29 is 22.7 Å². The molecule has 0 spiro atoms. The summed E-state index contributed by atoms with van der Waals surface area (Å²) in [5.74, 6) is 0.392. The summed E-state index contributed by atoms with van der Waals surface area (Å²) in [7, 11) is -1.95. The van der Waals surface area contributed by atoms with Crippen LogP contribution in [0.15, 0.2) is 95.4 Å². The molecule has 3 aromatic carbocycles. The zero-order valence-corrected chi connectivity index (χ0v) is 27.2. The fraction of sp³-hybridized carbons (Fsp3) is 0.389. The van der Waals surface area contributed by atoms with Gasteiger partial charge in [-0.25, -0.2) is 13.1 Å². The normalized spacial score (nSPS) is 13.9. The third-order valence-electron chi connectivity index (χ3n) is 8.11. The van der Waals surface area contributed by atoms with E-state index in [1.165, 1.54) is 18.4 Å². The van der Waals surface area contributed by atoms with E-state index < -0.39 is 16.1 Å². The molecule has 0 radical (unpaired) electrons. The summed E-state index contributed by atoms with van der Waals surface area (Å²) in [5.41, 5.74) is 4.09. The molecule has 0 unspecified atom stereocenters. The van der Waals surface area contributed by atoms with E-state index in [1.54, 1.807) is 43.2 Å². The summed E-state index contributed by atoms with van der Waals surface area (Å²) in [6, 6.07) is 23.2. The quantitative estimate of drug-likeness (QED) is 0.201. The third-order valence-corrected chi connectivity index (χ3v) is 9.67. The second-order valence-corrected chi connectivity index (χ2v) is 13.1. The number of nitrogens with zero attached hydrogens (tertiary/aromatic N) is 1. The van der Waals surface area contributed by atoms with Crippen LogP contribution < -0.4 is 14.8 Å². The van der Waals surface area contributed by atoms with E-state index in [0.717, 1.165) is 36.0 Å². The molecule has 0 aliphatic heterocycles. The van der Waals surface area contributed by atoms with Crippen molar-refractivity contribution in [2.45, 2.75) is 75.8 Å². The van der Waals surface area contributed by atoms with E-state index in [-0.39, 0.29) is 29.7 Å². The Hall–Kier alpha value is -3.95. The second kappa shape index (κ2) is 16.9. The molecular formula is C36H45N3O5S. The molecule has 1 aliphatic rings. The molecule has 2 N–H and O–H groups in total. The Bertz CT molecular complexity index is 1520. The molecule has 8 nitrogen and oxygen atoms in total. The lowest BCUT2D eigenvalue weighted by atomic mass is 9.97. The topological polar surface area (TPSA) is 105 Å². The number of methoxy groups -OCH3 is 1. The van der Waals surface area contributed by atoms with E-state index in [1.807, 2.05) is 54.6 Å². The molecule has 9 heteroatoms. The van der Waals surface area contributed by atoms with Gasteiger partial charge in [0.05, 0.1) is 12.0 Å². The van der Waals surface area contributed by atoms with Crippen LogP contribution in [0.25, 0.3) is 0 Å². The van der Waals surface area contributed by atoms with E-state index in [4.69, 9.17) is 4.74 Å². The van der Waals surface area contributed by atoms with Crippen LogP contribution in [0.2, 0.25) is 0 Å². The first kappa shape index (κ1) is 33.9. The maximum Gasteiger partial charge on any atom is 0.243 e. The summed E-state index contributed by atoms with van der Waals surface area (Å²) < 4.78 is 32.5. The van der Waals surface area contributed by atoms with Crippen molar-refractivity contribution in [1.29, 1.82) is 0 Å². The van der Waals surface area contributed by atoms with Crippen molar-refractivity contribution in [1.82, 2.24) is 14.9 Å². The van der Waals surface area contributed by atoms with Gasteiger partial charge in [-0.2, -0.15) is 0 Å². The highest BCUT2D eigenvalue weighted by molar-refractivity contribution is 7.89. The van der Waals surface area contributed by atoms with Gasteiger partial charge in [0.25, 0.3) is 0 Å². The number of rotatable bonds is 16. The van der Waals surface area contributed by atoms with E-state index in [9.17, 15) is 18.0 Å². The number of amides is 2. The van der Waals surface area contributed by atoms with Gasteiger partial charge in [0.1, 0.15) is 11.8 Å². The molecule has 0 heterocycles. The van der Waals surface area contributed by atoms with Crippen molar-refractivity contribution in [2.24, 2.45) is 0 Å². The molecule has 1 atom stereocenters. The largest absolute Gasteiger partial charge is 0.497 e. The molecular weight excluding hydrogens is 586 g/mol. The summed E-state index contributed by atoms with van der Waals surface area (Å²) in [6.45, 7) is 2.83. The Morgan fingerprint density at radius 2 is 1.60 bits per heavy atom. The monoisotopic (exact) mass is 631 g/mol. The molecule has 240 valence electrons. The minimum Gasteiger partial charge on any atom is -0.497 e. The Morgan fingerprint density at radius 1 is 0.889 bits per heavy atom. The average molecular weight is 632 g/mol. The number of aryl methyl sites for hydroxylation is 1. The Labute approximate surface area is 267 Å². The van der Waals surface area contributed by atoms with Gasteiger partial charge in [0.15, 0.2) is 0 Å². The zero-order valence-electron chi connectivity index (χ0n) is 26.3. The summed E-state index contributed by atoms with van der Waals surface area (Å²) in [5, 5.41) is 3.14. The van der Waals surface area contributed by atoms with E-state index in [0.29, 0.717) is 31.7 Å². The first-order valence-electron chi connectivity index (χ1n) is 15.8. The van der Waals surface area contributed by atoms with Crippen LogP contribution in [-0.2, 0) is 39.0 Å². The molecule has 45 heavy (non-hydrogen) atoms. The summed E-state index contributed by atoms with van der Waals surface area (Å²) in [6.07, 6.45) is 8.65. The number of ether oxygens (including phenoxy) is 1. The third kappa shape index (κ3) is 10.3. The molecule has 0 saturated carbocycles. The van der Waals surface area contributed by atoms with Gasteiger partial charge in [-0.3, -0.25) is 9.59 Å². The number of sulfonamides is 1. The predicted molar refractivity (Wildman–Crippen MR) is 177 cm³/mol. The summed E-state index contributed by atoms with van der Waals surface area (Å²) >= 11 is 0. The van der Waals surface area contributed by atoms with Crippen molar-refractivity contribution >= 4 is 21.8 Å². The summed E-state index contributed by atoms with van der Waals surface area (Å²) in [4.78, 5) is 29.8. The van der Waals surface area contributed by atoms with Gasteiger partial charge in [0.2, 0.25) is 21.8 Å². The highest BCUT2D eigenvalue weighted by Crippen LogP contribution is 2.21. The van der Waals surface area contributed by atoms with E-state index in [2.05, 4.69) is 16.1 Å². The second-order valence-electron chi connectivity index (χ2n) is 11.4. The van der Waals surface area contributed by atoms with Gasteiger partial charge in [-0.05, 0) is 79.5 Å². The SMILES string of the molecule is CCNS(=O)(=O)c1ccc(CCC(=O)N(Cc2ccc(OC)cc2)[C@@H](Cc2ccccc2)C(=O)NCCC2=CCCCC2)cc1. The maximum atomic E-state index is 14.0. The van der Waals surface area contributed by atoms with E-state index >= 15 is 0 Å². The fourth-order valence-corrected chi connectivity index (χ4v) is 6.62. The van der Waals surface area contributed by atoms with Crippen LogP contribution in [0, 0.1) is 0 Å². The maximum absolute atomic E-state index is 14.0. The van der Waals surface area contributed by atoms with Crippen molar-refractivity contribution in [3.63, 3.8) is 0 Å². The molecule has 0 aromatic heterocycles. The standard InChI is InChI=1S/C36H45N3O5S/c1-3-38-45(42,43)33-21-16-29(17-22-33)18-23-35(40)39(27-31-14-19-32(44-2)20-15-31)34(26-30-12-8-5-9-13-30)36(41)37-25-24-28-10-6-4-7-11-28/h5,8-10,12-17,19-22,34,38H,3-4,6-7,11,18,23-27H2,1-2H3,(H,37,41)/t34-/m0/s1. The molecule has 4 rings (SSSR count). The van der Waals surface area contributed by atoms with Crippen LogP contribution in [-0.4, -0.2) is 51.4 Å². The number of carbonyl (C=O) groups excluding carboxylic acids is 2. The van der Waals surface area contributed by atoms with Crippen molar-refractivity contribution in [3.8, 4) is 5.75 Å². The number of hydrogen-bond acceptors (Lipinski definition) is 5. The highest BCUT2D eigenvalue weighted by Gasteiger charge is 2.30. The van der Waals surface area contributed by atoms with Gasteiger partial charge >= 0.3 is 0 Å². The first-order valence-corrected chi connectivity index (χ1v) is 17.3. The van der Waals surface area contributed by atoms with Crippen LogP contribution in [0.4, 0.5) is 0 Å². The van der Waals surface area contributed by atoms with Crippen molar-refractivity contribution in [3.05, 3.63) is 107 Å². The number of nitrogens with one attached hydrogen (secondary N) is 2. The van der Waals surface area contributed by atoms with Crippen LogP contribution in [0.1, 0.15) is 62.1 Å². The van der Waals surface area contributed by atoms with Gasteiger partial charge in [-0.15, -0.1) is 0 Å². The Balaban J connectivity index is 1.55. The lowest BCUT2D eigenvalue weighted by molar-refractivity contribution is -0.141. The molecule has 1 aliphatic carbocycles. The van der Waals surface area contributed by atoms with Crippen LogP contribution in [0.5, 0.6) is 5.75 Å². The average Bonchev–Trinajstić information content (AvgIpc) is 3.06. The minimum absolute atomic E-state index is 0.152. The number of hydrogen-bond donors (Lipinski definition) is 2. The molecule has 2 amide bonds. The molecule has 0 fully saturated rings. The minimum atomic E-state index is -3.56. The van der Waals surface area contributed by atoms with Gasteiger partial charge in [0, 0.05) is 32.5 Å². The predicted octanol–water partition coefficient (Wildman–Crippen LogP) is 5.57. The Morgan fingerprint density at radius 3 is 2.24 bits per heavy atom. The lowest BCUT2D eigenvalue weighted by Crippen LogP contribution is -2.50. The number of allylic oxidation sites excluding steroid dienone is 1. The highest BCUT2D eigenvalue weighted by atomic mass is 32.2. The first-order chi connectivity index (χ1) is 21.8. The number of carbonyl (C=O) groups is 2. The molecule has 0 bridgehead atoms. The molecule has 0 saturated heterocycles.